The molecule has 1 unspecified atom stereocenters. The number of benzene rings is 2. The van der Waals surface area contributed by atoms with Crippen LogP contribution in [0.25, 0.3) is 0 Å². The highest BCUT2D eigenvalue weighted by atomic mass is 32.2. The maximum Gasteiger partial charge on any atom is 0.274 e. The molecule has 3 aromatic rings. The van der Waals surface area contributed by atoms with Gasteiger partial charge >= 0.3 is 0 Å². The Balaban J connectivity index is 1.61. The van der Waals surface area contributed by atoms with Crippen LogP contribution in [0.2, 0.25) is 0 Å². The normalized spacial score (nSPS) is 11.6. The number of hydrogen-bond acceptors (Lipinski definition) is 8. The van der Waals surface area contributed by atoms with E-state index in [9.17, 15) is 14.9 Å². The van der Waals surface area contributed by atoms with Gasteiger partial charge in [-0.25, -0.2) is 0 Å². The number of anilines is 1. The van der Waals surface area contributed by atoms with E-state index < -0.39 is 11.0 Å². The minimum absolute atomic E-state index is 0.0440. The number of hydrogen-bond donors (Lipinski definition) is 1. The van der Waals surface area contributed by atoms with E-state index in [1.807, 2.05) is 19.1 Å². The van der Waals surface area contributed by atoms with Gasteiger partial charge in [-0.05, 0) is 32.0 Å². The number of aromatic nitrogens is 3. The Labute approximate surface area is 189 Å². The fraction of sp³-hybridized carbons (Fsp3) is 0.286. The summed E-state index contributed by atoms with van der Waals surface area (Å²) in [4.78, 5) is 22.9. The van der Waals surface area contributed by atoms with Gasteiger partial charge in [0, 0.05) is 24.4 Å². The Morgan fingerprint density at radius 3 is 2.66 bits per heavy atom. The van der Waals surface area contributed by atoms with Crippen molar-refractivity contribution in [2.24, 2.45) is 7.05 Å². The molecule has 0 fully saturated rings. The van der Waals surface area contributed by atoms with Crippen molar-refractivity contribution in [3.8, 4) is 11.5 Å². The number of rotatable bonds is 9. The number of nitrogens with zero attached hydrogens (tertiary/aromatic N) is 4. The van der Waals surface area contributed by atoms with E-state index in [2.05, 4.69) is 15.5 Å². The number of amides is 1. The fourth-order valence-corrected chi connectivity index (χ4v) is 3.69. The molecule has 1 amide bonds. The van der Waals surface area contributed by atoms with Crippen molar-refractivity contribution in [2.75, 3.05) is 18.2 Å². The maximum atomic E-state index is 12.3. The highest BCUT2D eigenvalue weighted by molar-refractivity contribution is 7.99. The van der Waals surface area contributed by atoms with Gasteiger partial charge in [-0.2, -0.15) is 0 Å². The fourth-order valence-electron chi connectivity index (χ4n) is 2.98. The third kappa shape index (κ3) is 5.35. The summed E-state index contributed by atoms with van der Waals surface area (Å²) in [6, 6.07) is 11.9. The number of carbonyl (C=O) groups excluding carboxylic acids is 1. The highest BCUT2D eigenvalue weighted by Crippen LogP contribution is 2.31. The second kappa shape index (κ2) is 10.1. The SMILES string of the molecule is COc1ccccc1OC(C)c1nnc(SCC(=O)Nc2ccc(C)c([N+](=O)[O-])c2)n1C. The Bertz CT molecular complexity index is 1130. The minimum atomic E-state index is -0.477. The molecule has 0 radical (unpaired) electrons. The van der Waals surface area contributed by atoms with Gasteiger partial charge in [0.15, 0.2) is 28.6 Å². The Kier molecular flexibility index (Phi) is 7.31. The zero-order chi connectivity index (χ0) is 23.3. The van der Waals surface area contributed by atoms with E-state index in [-0.39, 0.29) is 17.3 Å². The number of para-hydroxylation sites is 2. The zero-order valence-corrected chi connectivity index (χ0v) is 18.9. The number of carbonyl (C=O) groups is 1. The average molecular weight is 458 g/mol. The topological polar surface area (TPSA) is 121 Å². The Morgan fingerprint density at radius 1 is 1.25 bits per heavy atom. The van der Waals surface area contributed by atoms with Crippen LogP contribution >= 0.6 is 11.8 Å². The molecule has 0 aliphatic carbocycles. The van der Waals surface area contributed by atoms with Crippen LogP contribution in [0.15, 0.2) is 47.6 Å². The summed E-state index contributed by atoms with van der Waals surface area (Å²) in [6.07, 6.45) is -0.403. The first-order chi connectivity index (χ1) is 15.3. The number of nitro benzene ring substituents is 1. The lowest BCUT2D eigenvalue weighted by molar-refractivity contribution is -0.385. The monoisotopic (exact) mass is 457 g/mol. The lowest BCUT2D eigenvalue weighted by Crippen LogP contribution is -2.15. The highest BCUT2D eigenvalue weighted by Gasteiger charge is 2.19. The molecule has 1 aromatic heterocycles. The molecule has 0 spiro atoms. The molecular weight excluding hydrogens is 434 g/mol. The zero-order valence-electron chi connectivity index (χ0n) is 18.1. The molecule has 1 N–H and O–H groups in total. The van der Waals surface area contributed by atoms with Gasteiger partial charge in [0.05, 0.1) is 17.8 Å². The smallest absolute Gasteiger partial charge is 0.274 e. The average Bonchev–Trinajstić information content (AvgIpc) is 3.14. The number of nitro groups is 1. The van der Waals surface area contributed by atoms with Crippen molar-refractivity contribution in [2.45, 2.75) is 25.1 Å². The first kappa shape index (κ1) is 23.1. The van der Waals surface area contributed by atoms with E-state index in [1.54, 1.807) is 49.9 Å². The number of ether oxygens (including phenoxy) is 2. The lowest BCUT2D eigenvalue weighted by Gasteiger charge is -2.16. The molecule has 0 aliphatic heterocycles. The number of methoxy groups -OCH3 is 1. The minimum Gasteiger partial charge on any atom is -0.493 e. The maximum absolute atomic E-state index is 12.3. The third-order valence-corrected chi connectivity index (χ3v) is 5.65. The predicted molar refractivity (Wildman–Crippen MR) is 120 cm³/mol. The molecule has 3 rings (SSSR count). The molecule has 0 saturated carbocycles. The summed E-state index contributed by atoms with van der Waals surface area (Å²) >= 11 is 1.20. The molecule has 2 aromatic carbocycles. The first-order valence-electron chi connectivity index (χ1n) is 9.66. The number of aryl methyl sites for hydroxylation is 1. The molecule has 11 heteroatoms. The van der Waals surface area contributed by atoms with Crippen molar-refractivity contribution in [1.29, 1.82) is 0 Å². The number of thioether (sulfide) groups is 1. The molecule has 0 saturated heterocycles. The van der Waals surface area contributed by atoms with Crippen molar-refractivity contribution in [3.63, 3.8) is 0 Å². The van der Waals surface area contributed by atoms with Gasteiger partial charge in [0.25, 0.3) is 5.69 Å². The van der Waals surface area contributed by atoms with Gasteiger partial charge < -0.3 is 19.4 Å². The van der Waals surface area contributed by atoms with Gasteiger partial charge in [0.1, 0.15) is 0 Å². The Hall–Kier alpha value is -3.60. The summed E-state index contributed by atoms with van der Waals surface area (Å²) in [6.45, 7) is 3.49. The summed E-state index contributed by atoms with van der Waals surface area (Å²) in [5.74, 6) is 1.55. The van der Waals surface area contributed by atoms with Gasteiger partial charge in [-0.1, -0.05) is 30.0 Å². The van der Waals surface area contributed by atoms with Crippen molar-refractivity contribution in [1.82, 2.24) is 14.8 Å². The number of nitrogens with one attached hydrogen (secondary N) is 1. The summed E-state index contributed by atoms with van der Waals surface area (Å²) in [5.41, 5.74) is 0.848. The van der Waals surface area contributed by atoms with Crippen molar-refractivity contribution >= 4 is 29.0 Å². The van der Waals surface area contributed by atoms with Crippen LogP contribution in [-0.2, 0) is 11.8 Å². The van der Waals surface area contributed by atoms with E-state index >= 15 is 0 Å². The van der Waals surface area contributed by atoms with Gasteiger partial charge in [0.2, 0.25) is 5.91 Å². The van der Waals surface area contributed by atoms with Gasteiger partial charge in [-0.3, -0.25) is 14.9 Å². The first-order valence-corrected chi connectivity index (χ1v) is 10.7. The van der Waals surface area contributed by atoms with Crippen molar-refractivity contribution < 1.29 is 19.2 Å². The molecule has 168 valence electrons. The van der Waals surface area contributed by atoms with Crippen LogP contribution in [0.3, 0.4) is 0 Å². The van der Waals surface area contributed by atoms with Crippen LogP contribution in [-0.4, -0.2) is 38.5 Å². The van der Waals surface area contributed by atoms with E-state index in [1.165, 1.54) is 17.8 Å². The molecule has 32 heavy (non-hydrogen) atoms. The van der Waals surface area contributed by atoms with E-state index in [4.69, 9.17) is 9.47 Å². The Morgan fingerprint density at radius 2 is 1.97 bits per heavy atom. The summed E-state index contributed by atoms with van der Waals surface area (Å²) < 4.78 is 13.0. The molecule has 1 heterocycles. The van der Waals surface area contributed by atoms with E-state index in [0.717, 1.165) is 0 Å². The molecule has 1 atom stereocenters. The van der Waals surface area contributed by atoms with Crippen molar-refractivity contribution in [3.05, 3.63) is 64.0 Å². The second-order valence-electron chi connectivity index (χ2n) is 6.91. The van der Waals surface area contributed by atoms with Crippen LogP contribution in [0.4, 0.5) is 11.4 Å². The summed E-state index contributed by atoms with van der Waals surface area (Å²) in [5, 5.41) is 22.6. The molecule has 10 nitrogen and oxygen atoms in total. The third-order valence-electron chi connectivity index (χ3n) is 4.63. The summed E-state index contributed by atoms with van der Waals surface area (Å²) in [7, 11) is 3.37. The van der Waals surface area contributed by atoms with Crippen LogP contribution < -0.4 is 14.8 Å². The predicted octanol–water partition coefficient (Wildman–Crippen LogP) is 3.91. The van der Waals surface area contributed by atoms with Gasteiger partial charge in [-0.15, -0.1) is 10.2 Å². The molecule has 0 aliphatic rings. The molecular formula is C21H23N5O5S. The van der Waals surface area contributed by atoms with Crippen LogP contribution in [0.1, 0.15) is 24.4 Å². The standard InChI is InChI=1S/C21H23N5O5S/c1-13-9-10-15(11-16(13)26(28)29)22-19(27)12-32-21-24-23-20(25(21)3)14(2)31-18-8-6-5-7-17(18)30-4/h5-11,14H,12H2,1-4H3,(H,22,27). The lowest BCUT2D eigenvalue weighted by atomic mass is 10.2. The molecule has 0 bridgehead atoms. The second-order valence-corrected chi connectivity index (χ2v) is 7.85. The van der Waals surface area contributed by atoms with Crippen LogP contribution in [0, 0.1) is 17.0 Å². The quantitative estimate of drug-likeness (QED) is 0.292. The van der Waals surface area contributed by atoms with Crippen LogP contribution in [0.5, 0.6) is 11.5 Å². The van der Waals surface area contributed by atoms with E-state index in [0.29, 0.717) is 33.7 Å². The largest absolute Gasteiger partial charge is 0.493 e.